The maximum absolute atomic E-state index is 6.40. The summed E-state index contributed by atoms with van der Waals surface area (Å²) in [5.74, 6) is 2.13. The van der Waals surface area contributed by atoms with Gasteiger partial charge in [0.05, 0.1) is 24.7 Å². The Bertz CT molecular complexity index is 1100. The molecule has 0 amide bonds. The Hall–Kier alpha value is -2.69. The van der Waals surface area contributed by atoms with Crippen LogP contribution in [0.5, 0.6) is 11.5 Å². The van der Waals surface area contributed by atoms with Crippen LogP contribution in [-0.2, 0) is 13.2 Å². The SMILES string of the molecule is COc1ccccc1OCc1nc2ccccc2n1Cc1c(Cl)cccc1Cl. The number of hydrogen-bond donors (Lipinski definition) is 0. The molecule has 0 spiro atoms. The minimum absolute atomic E-state index is 0.289. The van der Waals surface area contributed by atoms with Gasteiger partial charge in [0.25, 0.3) is 0 Å². The first-order valence-corrected chi connectivity index (χ1v) is 9.56. The van der Waals surface area contributed by atoms with Crippen LogP contribution < -0.4 is 9.47 Å². The van der Waals surface area contributed by atoms with Gasteiger partial charge < -0.3 is 14.0 Å². The molecule has 0 aliphatic heterocycles. The van der Waals surface area contributed by atoms with Crippen molar-refractivity contribution in [1.29, 1.82) is 0 Å². The third-order valence-corrected chi connectivity index (χ3v) is 5.25. The van der Waals surface area contributed by atoms with Crippen molar-refractivity contribution in [3.8, 4) is 11.5 Å². The van der Waals surface area contributed by atoms with Crippen LogP contribution in [-0.4, -0.2) is 16.7 Å². The lowest BCUT2D eigenvalue weighted by Gasteiger charge is -2.14. The number of ether oxygens (including phenoxy) is 2. The number of benzene rings is 3. The minimum atomic E-state index is 0.289. The van der Waals surface area contributed by atoms with Gasteiger partial charge in [0.15, 0.2) is 11.5 Å². The Morgan fingerprint density at radius 1 is 0.857 bits per heavy atom. The number of aromatic nitrogens is 2. The second-order valence-corrected chi connectivity index (χ2v) is 7.06. The van der Waals surface area contributed by atoms with Crippen molar-refractivity contribution in [2.75, 3.05) is 7.11 Å². The molecule has 3 aromatic carbocycles. The summed E-state index contributed by atoms with van der Waals surface area (Å²) >= 11 is 12.8. The Morgan fingerprint density at radius 2 is 1.54 bits per heavy atom. The standard InChI is InChI=1S/C22H18Cl2N2O2/c1-27-20-11-4-5-12-21(20)28-14-22-25-18-9-2-3-10-19(18)26(22)13-15-16(23)7-6-8-17(15)24/h2-12H,13-14H2,1H3. The van der Waals surface area contributed by atoms with Gasteiger partial charge >= 0.3 is 0 Å². The lowest BCUT2D eigenvalue weighted by atomic mass is 10.2. The molecule has 0 aliphatic rings. The summed E-state index contributed by atoms with van der Waals surface area (Å²) in [6.45, 7) is 0.792. The fourth-order valence-corrected chi connectivity index (χ4v) is 3.65. The zero-order valence-corrected chi connectivity index (χ0v) is 16.7. The van der Waals surface area contributed by atoms with E-state index in [0.717, 1.165) is 22.4 Å². The molecule has 0 fully saturated rings. The minimum Gasteiger partial charge on any atom is -0.493 e. The number of halogens is 2. The highest BCUT2D eigenvalue weighted by Gasteiger charge is 2.15. The average Bonchev–Trinajstić information content (AvgIpc) is 3.07. The van der Waals surface area contributed by atoms with Gasteiger partial charge in [0, 0.05) is 15.6 Å². The van der Waals surface area contributed by atoms with Crippen LogP contribution in [0.4, 0.5) is 0 Å². The molecule has 1 heterocycles. The average molecular weight is 413 g/mol. The monoisotopic (exact) mass is 412 g/mol. The van der Waals surface area contributed by atoms with E-state index in [1.165, 1.54) is 0 Å². The van der Waals surface area contributed by atoms with Crippen LogP contribution >= 0.6 is 23.2 Å². The molecular weight excluding hydrogens is 395 g/mol. The number of rotatable bonds is 6. The molecule has 0 unspecified atom stereocenters. The third kappa shape index (κ3) is 3.66. The van der Waals surface area contributed by atoms with Gasteiger partial charge in [-0.3, -0.25) is 0 Å². The van der Waals surface area contributed by atoms with Crippen molar-refractivity contribution >= 4 is 34.2 Å². The molecule has 4 rings (SSSR count). The van der Waals surface area contributed by atoms with Crippen molar-refractivity contribution in [1.82, 2.24) is 9.55 Å². The molecule has 6 heteroatoms. The van der Waals surface area contributed by atoms with Gasteiger partial charge in [-0.25, -0.2) is 4.98 Å². The first kappa shape index (κ1) is 18.7. The zero-order valence-electron chi connectivity index (χ0n) is 15.2. The van der Waals surface area contributed by atoms with E-state index in [2.05, 4.69) is 4.57 Å². The second-order valence-electron chi connectivity index (χ2n) is 6.24. The number of hydrogen-bond acceptors (Lipinski definition) is 3. The van der Waals surface area contributed by atoms with Crippen molar-refractivity contribution in [3.05, 3.63) is 88.2 Å². The van der Waals surface area contributed by atoms with Gasteiger partial charge in [-0.05, 0) is 36.4 Å². The van der Waals surface area contributed by atoms with Crippen molar-refractivity contribution in [2.24, 2.45) is 0 Å². The summed E-state index contributed by atoms with van der Waals surface area (Å²) in [4.78, 5) is 4.75. The maximum atomic E-state index is 6.40. The van der Waals surface area contributed by atoms with Crippen molar-refractivity contribution < 1.29 is 9.47 Å². The number of fused-ring (bicyclic) bond motifs is 1. The van der Waals surface area contributed by atoms with E-state index in [9.17, 15) is 0 Å². The normalized spacial score (nSPS) is 11.0. The molecule has 0 radical (unpaired) electrons. The molecule has 4 nitrogen and oxygen atoms in total. The summed E-state index contributed by atoms with van der Waals surface area (Å²) in [7, 11) is 1.62. The molecule has 0 saturated heterocycles. The van der Waals surface area contributed by atoms with E-state index in [-0.39, 0.29) is 6.61 Å². The van der Waals surface area contributed by atoms with Crippen LogP contribution in [0.3, 0.4) is 0 Å². The highest BCUT2D eigenvalue weighted by molar-refractivity contribution is 6.36. The lowest BCUT2D eigenvalue weighted by molar-refractivity contribution is 0.273. The van der Waals surface area contributed by atoms with E-state index in [1.807, 2.05) is 66.7 Å². The fraction of sp³-hybridized carbons (Fsp3) is 0.136. The van der Waals surface area contributed by atoms with E-state index in [4.69, 9.17) is 37.7 Å². The van der Waals surface area contributed by atoms with E-state index in [0.29, 0.717) is 28.1 Å². The summed E-state index contributed by atoms with van der Waals surface area (Å²) < 4.78 is 13.5. The van der Waals surface area contributed by atoms with Crippen LogP contribution in [0.25, 0.3) is 11.0 Å². The van der Waals surface area contributed by atoms with Gasteiger partial charge in [0.1, 0.15) is 12.4 Å². The molecule has 0 atom stereocenters. The number of methoxy groups -OCH3 is 1. The molecule has 1 aromatic heterocycles. The van der Waals surface area contributed by atoms with Gasteiger partial charge in [-0.1, -0.05) is 53.5 Å². The number of nitrogens with zero attached hydrogens (tertiary/aromatic N) is 2. The van der Waals surface area contributed by atoms with Gasteiger partial charge in [0.2, 0.25) is 0 Å². The van der Waals surface area contributed by atoms with Crippen molar-refractivity contribution in [3.63, 3.8) is 0 Å². The largest absolute Gasteiger partial charge is 0.493 e. The highest BCUT2D eigenvalue weighted by Crippen LogP contribution is 2.29. The molecular formula is C22H18Cl2N2O2. The number of para-hydroxylation sites is 4. The smallest absolute Gasteiger partial charge is 0.161 e. The maximum Gasteiger partial charge on any atom is 0.161 e. The molecule has 142 valence electrons. The first-order chi connectivity index (χ1) is 13.7. The topological polar surface area (TPSA) is 36.3 Å². The number of imidazole rings is 1. The molecule has 4 aromatic rings. The Kier molecular flexibility index (Phi) is 5.42. The van der Waals surface area contributed by atoms with Crippen LogP contribution in [0.15, 0.2) is 66.7 Å². The van der Waals surface area contributed by atoms with Gasteiger partial charge in [-0.2, -0.15) is 0 Å². The van der Waals surface area contributed by atoms with Crippen LogP contribution in [0.1, 0.15) is 11.4 Å². The lowest BCUT2D eigenvalue weighted by Crippen LogP contribution is -2.09. The summed E-state index contributed by atoms with van der Waals surface area (Å²) in [5, 5.41) is 1.25. The summed E-state index contributed by atoms with van der Waals surface area (Å²) in [6.07, 6.45) is 0. The first-order valence-electron chi connectivity index (χ1n) is 8.80. The Balaban J connectivity index is 1.71. The quantitative estimate of drug-likeness (QED) is 0.390. The van der Waals surface area contributed by atoms with Gasteiger partial charge in [-0.15, -0.1) is 0 Å². The molecule has 0 aliphatic carbocycles. The summed E-state index contributed by atoms with van der Waals surface area (Å²) in [5.41, 5.74) is 2.74. The third-order valence-electron chi connectivity index (χ3n) is 4.54. The molecule has 0 saturated carbocycles. The highest BCUT2D eigenvalue weighted by atomic mass is 35.5. The van der Waals surface area contributed by atoms with E-state index < -0.39 is 0 Å². The van der Waals surface area contributed by atoms with Crippen molar-refractivity contribution in [2.45, 2.75) is 13.2 Å². The van der Waals surface area contributed by atoms with Crippen LogP contribution in [0.2, 0.25) is 10.0 Å². The van der Waals surface area contributed by atoms with E-state index >= 15 is 0 Å². The Labute approximate surface area is 173 Å². The van der Waals surface area contributed by atoms with E-state index in [1.54, 1.807) is 7.11 Å². The second kappa shape index (κ2) is 8.13. The zero-order chi connectivity index (χ0) is 19.5. The fourth-order valence-electron chi connectivity index (χ4n) is 3.13. The van der Waals surface area contributed by atoms with Crippen LogP contribution in [0, 0.1) is 0 Å². The predicted molar refractivity (Wildman–Crippen MR) is 113 cm³/mol. The molecule has 0 N–H and O–H groups in total. The predicted octanol–water partition coefficient (Wildman–Crippen LogP) is 5.98. The molecule has 0 bridgehead atoms. The summed E-state index contributed by atoms with van der Waals surface area (Å²) in [6, 6.07) is 21.0. The Morgan fingerprint density at radius 3 is 2.29 bits per heavy atom. The molecule has 28 heavy (non-hydrogen) atoms.